The Hall–Kier alpha value is -2.43. The van der Waals surface area contributed by atoms with E-state index in [1.54, 1.807) is 29.3 Å². The van der Waals surface area contributed by atoms with Gasteiger partial charge in [0, 0.05) is 5.56 Å². The van der Waals surface area contributed by atoms with E-state index in [0.29, 0.717) is 12.2 Å². The molecular weight excluding hydrogens is 233 g/mol. The minimum absolute atomic E-state index is 0.262. The zero-order valence-corrected chi connectivity index (χ0v) is 9.45. The van der Waals surface area contributed by atoms with Crippen molar-refractivity contribution in [1.82, 2.24) is 15.0 Å². The lowest BCUT2D eigenvalue weighted by atomic mass is 10.2. The minimum atomic E-state index is -0.262. The van der Waals surface area contributed by atoms with Crippen LogP contribution < -0.4 is 0 Å². The molecule has 0 unspecified atom stereocenters. The van der Waals surface area contributed by atoms with Gasteiger partial charge < -0.3 is 4.42 Å². The maximum atomic E-state index is 12.8. The molecular formula is C13H10FN3O. The number of benzene rings is 1. The first-order valence-corrected chi connectivity index (χ1v) is 5.50. The molecule has 0 saturated heterocycles. The van der Waals surface area contributed by atoms with Crippen molar-refractivity contribution in [1.29, 1.82) is 0 Å². The Morgan fingerprint density at radius 2 is 2.00 bits per heavy atom. The van der Waals surface area contributed by atoms with Gasteiger partial charge in [-0.25, -0.2) is 9.07 Å². The van der Waals surface area contributed by atoms with Crippen LogP contribution in [-0.4, -0.2) is 15.0 Å². The van der Waals surface area contributed by atoms with Crippen molar-refractivity contribution in [3.63, 3.8) is 0 Å². The topological polar surface area (TPSA) is 43.9 Å². The molecule has 3 aromatic rings. The molecule has 2 heterocycles. The highest BCUT2D eigenvalue weighted by Crippen LogP contribution is 2.16. The molecule has 0 N–H and O–H groups in total. The Bertz CT molecular complexity index is 629. The van der Waals surface area contributed by atoms with E-state index in [1.165, 1.54) is 12.1 Å². The molecule has 5 heteroatoms. The van der Waals surface area contributed by atoms with Crippen molar-refractivity contribution in [2.24, 2.45) is 0 Å². The molecule has 0 aliphatic heterocycles. The first-order chi connectivity index (χ1) is 8.81. The summed E-state index contributed by atoms with van der Waals surface area (Å²) >= 11 is 0. The Morgan fingerprint density at radius 1 is 1.17 bits per heavy atom. The minimum Gasteiger partial charge on any atom is -0.467 e. The van der Waals surface area contributed by atoms with Gasteiger partial charge in [-0.1, -0.05) is 5.21 Å². The second-order valence-corrected chi connectivity index (χ2v) is 3.89. The molecule has 2 aromatic heterocycles. The van der Waals surface area contributed by atoms with E-state index in [9.17, 15) is 4.39 Å². The molecule has 3 rings (SSSR count). The van der Waals surface area contributed by atoms with Crippen molar-refractivity contribution in [2.45, 2.75) is 6.54 Å². The normalized spacial score (nSPS) is 10.7. The van der Waals surface area contributed by atoms with Gasteiger partial charge in [0.05, 0.1) is 12.5 Å². The summed E-state index contributed by atoms with van der Waals surface area (Å²) in [6.45, 7) is 0.529. The summed E-state index contributed by atoms with van der Waals surface area (Å²) in [7, 11) is 0. The van der Waals surface area contributed by atoms with Gasteiger partial charge in [0.2, 0.25) is 0 Å². The predicted molar refractivity (Wildman–Crippen MR) is 63.2 cm³/mol. The van der Waals surface area contributed by atoms with Gasteiger partial charge in [-0.2, -0.15) is 0 Å². The summed E-state index contributed by atoms with van der Waals surface area (Å²) in [5.74, 6) is 0.548. The van der Waals surface area contributed by atoms with Crippen LogP contribution in [0.15, 0.2) is 53.3 Å². The molecule has 0 saturated carbocycles. The monoisotopic (exact) mass is 243 g/mol. The van der Waals surface area contributed by atoms with E-state index in [2.05, 4.69) is 10.3 Å². The number of hydrogen-bond acceptors (Lipinski definition) is 3. The Labute approximate surface area is 103 Å². The smallest absolute Gasteiger partial charge is 0.125 e. The van der Waals surface area contributed by atoms with Crippen molar-refractivity contribution in [3.8, 4) is 11.3 Å². The molecule has 18 heavy (non-hydrogen) atoms. The molecule has 0 fully saturated rings. The molecule has 0 aliphatic rings. The van der Waals surface area contributed by atoms with Crippen molar-refractivity contribution < 1.29 is 8.81 Å². The summed E-state index contributed by atoms with van der Waals surface area (Å²) in [6, 6.07) is 9.86. The predicted octanol–water partition coefficient (Wildman–Crippen LogP) is 2.73. The van der Waals surface area contributed by atoms with Gasteiger partial charge in [-0.15, -0.1) is 5.10 Å². The number of halogens is 1. The average Bonchev–Trinajstić information content (AvgIpc) is 3.02. The van der Waals surface area contributed by atoms with Gasteiger partial charge in [0.25, 0.3) is 0 Å². The molecule has 0 spiro atoms. The van der Waals surface area contributed by atoms with E-state index >= 15 is 0 Å². The van der Waals surface area contributed by atoms with Crippen molar-refractivity contribution in [2.75, 3.05) is 0 Å². The second-order valence-electron chi connectivity index (χ2n) is 3.89. The summed E-state index contributed by atoms with van der Waals surface area (Å²) in [6.07, 6.45) is 3.42. The summed E-state index contributed by atoms with van der Waals surface area (Å²) in [5.41, 5.74) is 1.55. The molecule has 0 amide bonds. The van der Waals surface area contributed by atoms with Crippen molar-refractivity contribution in [3.05, 3.63) is 60.4 Å². The standard InChI is InChI=1S/C13H10FN3O/c14-11-5-3-10(4-6-11)13-9-17(16-15-13)8-12-2-1-7-18-12/h1-7,9H,8H2. The zero-order valence-electron chi connectivity index (χ0n) is 9.45. The third-order valence-electron chi connectivity index (χ3n) is 2.58. The van der Waals surface area contributed by atoms with Gasteiger partial charge >= 0.3 is 0 Å². The first kappa shape index (κ1) is 10.7. The van der Waals surface area contributed by atoms with Crippen LogP contribution in [0.2, 0.25) is 0 Å². The third kappa shape index (κ3) is 2.15. The van der Waals surface area contributed by atoms with Crippen LogP contribution in [0.5, 0.6) is 0 Å². The number of hydrogen-bond donors (Lipinski definition) is 0. The van der Waals surface area contributed by atoms with Crippen LogP contribution in [0.1, 0.15) is 5.76 Å². The average molecular weight is 243 g/mol. The van der Waals surface area contributed by atoms with Gasteiger partial charge in [0.1, 0.15) is 23.8 Å². The highest BCUT2D eigenvalue weighted by molar-refractivity contribution is 5.57. The summed E-state index contributed by atoms with van der Waals surface area (Å²) < 4.78 is 19.7. The Morgan fingerprint density at radius 3 is 2.72 bits per heavy atom. The zero-order chi connectivity index (χ0) is 12.4. The van der Waals surface area contributed by atoms with Crippen LogP contribution in [-0.2, 0) is 6.54 Å². The van der Waals surface area contributed by atoms with E-state index in [1.807, 2.05) is 12.1 Å². The number of aromatic nitrogens is 3. The van der Waals surface area contributed by atoms with Crippen LogP contribution >= 0.6 is 0 Å². The molecule has 90 valence electrons. The van der Waals surface area contributed by atoms with Gasteiger partial charge in [-0.05, 0) is 36.4 Å². The maximum Gasteiger partial charge on any atom is 0.125 e. The fraction of sp³-hybridized carbons (Fsp3) is 0.0769. The second kappa shape index (κ2) is 4.44. The molecule has 1 aromatic carbocycles. The third-order valence-corrected chi connectivity index (χ3v) is 2.58. The molecule has 0 bridgehead atoms. The molecule has 0 aliphatic carbocycles. The quantitative estimate of drug-likeness (QED) is 0.710. The van der Waals surface area contributed by atoms with Gasteiger partial charge in [0.15, 0.2) is 0 Å². The van der Waals surface area contributed by atoms with E-state index in [-0.39, 0.29) is 5.82 Å². The molecule has 0 atom stereocenters. The molecule has 4 nitrogen and oxygen atoms in total. The number of rotatable bonds is 3. The summed E-state index contributed by atoms with van der Waals surface area (Å²) in [5, 5.41) is 8.05. The van der Waals surface area contributed by atoms with E-state index in [0.717, 1.165) is 11.3 Å². The highest BCUT2D eigenvalue weighted by atomic mass is 19.1. The van der Waals surface area contributed by atoms with Crippen LogP contribution in [0.4, 0.5) is 4.39 Å². The Balaban J connectivity index is 1.83. The summed E-state index contributed by atoms with van der Waals surface area (Å²) in [4.78, 5) is 0. The van der Waals surface area contributed by atoms with Crippen LogP contribution in [0, 0.1) is 5.82 Å². The largest absolute Gasteiger partial charge is 0.467 e. The molecule has 0 radical (unpaired) electrons. The van der Waals surface area contributed by atoms with Crippen LogP contribution in [0.25, 0.3) is 11.3 Å². The van der Waals surface area contributed by atoms with Crippen molar-refractivity contribution >= 4 is 0 Å². The highest BCUT2D eigenvalue weighted by Gasteiger charge is 2.05. The lowest BCUT2D eigenvalue weighted by Crippen LogP contribution is -1.98. The lowest BCUT2D eigenvalue weighted by Gasteiger charge is -1.95. The van der Waals surface area contributed by atoms with Crippen LogP contribution in [0.3, 0.4) is 0 Å². The Kier molecular flexibility index (Phi) is 2.64. The number of nitrogens with zero attached hydrogens (tertiary/aromatic N) is 3. The SMILES string of the molecule is Fc1ccc(-c2cn(Cc3ccco3)nn2)cc1. The lowest BCUT2D eigenvalue weighted by molar-refractivity contribution is 0.475. The van der Waals surface area contributed by atoms with Gasteiger partial charge in [-0.3, -0.25) is 0 Å². The fourth-order valence-electron chi connectivity index (χ4n) is 1.69. The van der Waals surface area contributed by atoms with E-state index in [4.69, 9.17) is 4.42 Å². The van der Waals surface area contributed by atoms with E-state index < -0.39 is 0 Å². The number of furan rings is 1. The first-order valence-electron chi connectivity index (χ1n) is 5.50. The fourth-order valence-corrected chi connectivity index (χ4v) is 1.69. The maximum absolute atomic E-state index is 12.8.